The van der Waals surface area contributed by atoms with Crippen molar-refractivity contribution < 1.29 is 0 Å². The second-order valence-electron chi connectivity index (χ2n) is 5.37. The third-order valence-corrected chi connectivity index (χ3v) is 3.68. The molecule has 2 heterocycles. The number of piperidine rings is 2. The fourth-order valence-corrected chi connectivity index (χ4v) is 2.45. The van der Waals surface area contributed by atoms with E-state index in [1.54, 1.807) is 6.07 Å². The third kappa shape index (κ3) is 25.5. The molecule has 3 heteroatoms. The Kier molecular flexibility index (Phi) is 39.5. The van der Waals surface area contributed by atoms with E-state index in [4.69, 9.17) is 5.26 Å². The fraction of sp³-hybridized carbons (Fsp3) is 0.864. The van der Waals surface area contributed by atoms with E-state index < -0.39 is 0 Å². The molecule has 2 rings (SSSR count). The van der Waals surface area contributed by atoms with Crippen LogP contribution < -0.4 is 0 Å². The lowest BCUT2D eigenvalue weighted by Crippen LogP contribution is -2.34. The molecule has 1 atom stereocenters. The SMILES string of the molecule is C=CC1CCCCN1C.CC.CC.CC.CC#N.CN1CCCCC1. The first-order valence-electron chi connectivity index (χ1n) is 10.5. The maximum Gasteiger partial charge on any atom is 0.0587 e. The number of likely N-dealkylation sites (N-methyl/N-ethyl adjacent to an activating group) is 1. The van der Waals surface area contributed by atoms with Gasteiger partial charge in [0, 0.05) is 13.0 Å². The van der Waals surface area contributed by atoms with Gasteiger partial charge in [0.25, 0.3) is 0 Å². The molecule has 0 N–H and O–H groups in total. The first kappa shape index (κ1) is 31.9. The largest absolute Gasteiger partial charge is 0.306 e. The Hall–Kier alpha value is -0.850. The molecule has 0 amide bonds. The first-order valence-corrected chi connectivity index (χ1v) is 10.5. The Bertz CT molecular complexity index is 252. The van der Waals surface area contributed by atoms with Crippen molar-refractivity contribution in [2.75, 3.05) is 33.7 Å². The molecule has 2 aliphatic heterocycles. The Labute approximate surface area is 161 Å². The molecule has 2 saturated heterocycles. The normalized spacial score (nSPS) is 19.0. The van der Waals surface area contributed by atoms with Crippen molar-refractivity contribution in [3.8, 4) is 6.07 Å². The molecule has 3 nitrogen and oxygen atoms in total. The van der Waals surface area contributed by atoms with Crippen molar-refractivity contribution in [1.29, 1.82) is 5.26 Å². The van der Waals surface area contributed by atoms with E-state index in [0.29, 0.717) is 6.04 Å². The molecule has 0 bridgehead atoms. The minimum atomic E-state index is 0.652. The number of likely N-dealkylation sites (tertiary alicyclic amines) is 2. The summed E-state index contributed by atoms with van der Waals surface area (Å²) in [6.07, 6.45) is 10.4. The van der Waals surface area contributed by atoms with Crippen molar-refractivity contribution >= 4 is 0 Å². The lowest BCUT2D eigenvalue weighted by molar-refractivity contribution is 0.222. The molecule has 2 aliphatic rings. The molecule has 0 spiro atoms. The standard InChI is InChI=1S/C8H15N.C6H13N.C2H3N.3C2H6/c1-3-8-6-4-5-7-9(8)2;1-7-5-3-2-4-6-7;1-2-3;3*1-2/h3,8H,1,4-7H2,2H3;2-6H2,1H3;1H3;3*1-2H3. The number of nitrogens with zero attached hydrogens (tertiary/aromatic N) is 3. The highest BCUT2D eigenvalue weighted by Gasteiger charge is 2.14. The number of rotatable bonds is 1. The summed E-state index contributed by atoms with van der Waals surface area (Å²) in [7, 11) is 4.37. The zero-order valence-electron chi connectivity index (χ0n) is 19.1. The summed E-state index contributed by atoms with van der Waals surface area (Å²) >= 11 is 0. The van der Waals surface area contributed by atoms with Crippen LogP contribution in [0.15, 0.2) is 12.7 Å². The van der Waals surface area contributed by atoms with E-state index >= 15 is 0 Å². The second kappa shape index (κ2) is 31.0. The monoisotopic (exact) mass is 355 g/mol. The smallest absolute Gasteiger partial charge is 0.0587 e. The van der Waals surface area contributed by atoms with E-state index in [2.05, 4.69) is 36.6 Å². The molecule has 0 aromatic carbocycles. The molecule has 152 valence electrons. The Morgan fingerprint density at radius 2 is 1.24 bits per heavy atom. The summed E-state index contributed by atoms with van der Waals surface area (Å²) in [6.45, 7) is 21.1. The van der Waals surface area contributed by atoms with Crippen LogP contribution in [0.4, 0.5) is 0 Å². The molecule has 0 aromatic heterocycles. The van der Waals surface area contributed by atoms with Crippen LogP contribution in [0, 0.1) is 11.3 Å². The van der Waals surface area contributed by atoms with Crippen LogP contribution in [-0.4, -0.2) is 49.6 Å². The van der Waals surface area contributed by atoms with Gasteiger partial charge in [0.05, 0.1) is 6.07 Å². The summed E-state index contributed by atoms with van der Waals surface area (Å²) in [5.41, 5.74) is 0. The summed E-state index contributed by atoms with van der Waals surface area (Å²) < 4.78 is 0. The topological polar surface area (TPSA) is 30.3 Å². The van der Waals surface area contributed by atoms with E-state index in [1.807, 2.05) is 41.5 Å². The minimum Gasteiger partial charge on any atom is -0.306 e. The maximum atomic E-state index is 7.32. The fourth-order valence-electron chi connectivity index (χ4n) is 2.45. The summed E-state index contributed by atoms with van der Waals surface area (Å²) in [4.78, 5) is 4.76. The zero-order chi connectivity index (χ0) is 20.5. The van der Waals surface area contributed by atoms with Gasteiger partial charge < -0.3 is 4.90 Å². The van der Waals surface area contributed by atoms with Gasteiger partial charge in [-0.2, -0.15) is 5.26 Å². The van der Waals surface area contributed by atoms with Crippen molar-refractivity contribution in [3.63, 3.8) is 0 Å². The van der Waals surface area contributed by atoms with Crippen molar-refractivity contribution in [3.05, 3.63) is 12.7 Å². The molecule has 0 aromatic rings. The van der Waals surface area contributed by atoms with Crippen LogP contribution in [-0.2, 0) is 0 Å². The quantitative estimate of drug-likeness (QED) is 0.512. The first-order chi connectivity index (χ1) is 12.2. The van der Waals surface area contributed by atoms with Gasteiger partial charge in [0.2, 0.25) is 0 Å². The van der Waals surface area contributed by atoms with Gasteiger partial charge in [-0.05, 0) is 59.4 Å². The minimum absolute atomic E-state index is 0.652. The number of nitriles is 1. The number of hydrogen-bond donors (Lipinski definition) is 0. The summed E-state index contributed by atoms with van der Waals surface area (Å²) in [6, 6.07) is 2.40. The molecule has 2 fully saturated rings. The maximum absolute atomic E-state index is 7.32. The second-order valence-corrected chi connectivity index (χ2v) is 5.37. The lowest BCUT2D eigenvalue weighted by atomic mass is 10.0. The van der Waals surface area contributed by atoms with Gasteiger partial charge in [-0.15, -0.1) is 6.58 Å². The van der Waals surface area contributed by atoms with Crippen LogP contribution >= 0.6 is 0 Å². The average molecular weight is 356 g/mol. The summed E-state index contributed by atoms with van der Waals surface area (Å²) in [5, 5.41) is 7.32. The van der Waals surface area contributed by atoms with Crippen LogP contribution in [0.3, 0.4) is 0 Å². The highest BCUT2D eigenvalue weighted by atomic mass is 15.1. The molecule has 1 unspecified atom stereocenters. The van der Waals surface area contributed by atoms with Gasteiger partial charge >= 0.3 is 0 Å². The van der Waals surface area contributed by atoms with Crippen LogP contribution in [0.5, 0.6) is 0 Å². The molecule has 0 aliphatic carbocycles. The highest BCUT2D eigenvalue weighted by Crippen LogP contribution is 2.14. The predicted molar refractivity (Wildman–Crippen MR) is 117 cm³/mol. The van der Waals surface area contributed by atoms with E-state index in [0.717, 1.165) is 0 Å². The van der Waals surface area contributed by atoms with Gasteiger partial charge in [-0.25, -0.2) is 0 Å². The van der Waals surface area contributed by atoms with E-state index in [1.165, 1.54) is 65.1 Å². The van der Waals surface area contributed by atoms with Gasteiger partial charge in [0.1, 0.15) is 0 Å². The highest BCUT2D eigenvalue weighted by molar-refractivity contribution is 4.88. The predicted octanol–water partition coefficient (Wildman–Crippen LogP) is 6.37. The van der Waals surface area contributed by atoms with Gasteiger partial charge in [-0.3, -0.25) is 4.90 Å². The van der Waals surface area contributed by atoms with Gasteiger partial charge in [0.15, 0.2) is 0 Å². The molecule has 25 heavy (non-hydrogen) atoms. The van der Waals surface area contributed by atoms with Crippen LogP contribution in [0.1, 0.15) is 87.0 Å². The molecular formula is C22H49N3. The Morgan fingerprint density at radius 3 is 1.48 bits per heavy atom. The molecule has 0 saturated carbocycles. The Balaban J connectivity index is -0.000000123. The van der Waals surface area contributed by atoms with Crippen molar-refractivity contribution in [2.45, 2.75) is 93.0 Å². The summed E-state index contributed by atoms with van der Waals surface area (Å²) in [5.74, 6) is 0. The zero-order valence-corrected chi connectivity index (χ0v) is 19.1. The van der Waals surface area contributed by atoms with Crippen molar-refractivity contribution in [1.82, 2.24) is 9.80 Å². The Morgan fingerprint density at radius 1 is 0.840 bits per heavy atom. The van der Waals surface area contributed by atoms with E-state index in [-0.39, 0.29) is 0 Å². The number of hydrogen-bond acceptors (Lipinski definition) is 3. The van der Waals surface area contributed by atoms with Gasteiger partial charge in [-0.1, -0.05) is 60.5 Å². The molecule has 0 radical (unpaired) electrons. The van der Waals surface area contributed by atoms with Crippen molar-refractivity contribution in [2.24, 2.45) is 0 Å². The van der Waals surface area contributed by atoms with Crippen LogP contribution in [0.2, 0.25) is 0 Å². The third-order valence-electron chi connectivity index (χ3n) is 3.68. The molecular weight excluding hydrogens is 306 g/mol. The lowest BCUT2D eigenvalue weighted by Gasteiger charge is -2.29. The average Bonchev–Trinajstić information content (AvgIpc) is 2.69. The van der Waals surface area contributed by atoms with E-state index in [9.17, 15) is 0 Å². The van der Waals surface area contributed by atoms with Crippen LogP contribution in [0.25, 0.3) is 0 Å².